The minimum atomic E-state index is 0.137. The number of nitrogens with zero attached hydrogens (tertiary/aromatic N) is 2. The highest BCUT2D eigenvalue weighted by molar-refractivity contribution is 5.78. The van der Waals surface area contributed by atoms with Crippen LogP contribution in [0.1, 0.15) is 33.1 Å². The number of fused-ring (bicyclic) bond motifs is 2. The second kappa shape index (κ2) is 4.82. The Labute approximate surface area is 109 Å². The van der Waals surface area contributed by atoms with Crippen molar-refractivity contribution in [1.82, 2.24) is 9.80 Å². The second-order valence-electron chi connectivity index (χ2n) is 6.25. The molecule has 0 saturated carbocycles. The molecule has 0 aromatic rings. The third kappa shape index (κ3) is 2.16. The molecule has 0 spiro atoms. The first-order valence-corrected chi connectivity index (χ1v) is 7.31. The maximum atomic E-state index is 11.9. The zero-order valence-electron chi connectivity index (χ0n) is 11.5. The Morgan fingerprint density at radius 1 is 1.22 bits per heavy atom. The lowest BCUT2D eigenvalue weighted by molar-refractivity contribution is -0.136. The zero-order valence-corrected chi connectivity index (χ0v) is 11.5. The fourth-order valence-electron chi connectivity index (χ4n) is 3.66. The van der Waals surface area contributed by atoms with Crippen molar-refractivity contribution in [3.8, 4) is 0 Å². The number of hydrogen-bond acceptors (Lipinski definition) is 3. The minimum absolute atomic E-state index is 0.137. The molecule has 1 amide bonds. The van der Waals surface area contributed by atoms with Gasteiger partial charge in [-0.15, -0.1) is 0 Å². The van der Waals surface area contributed by atoms with Crippen molar-refractivity contribution in [2.45, 2.75) is 51.3 Å². The third-order valence-electron chi connectivity index (χ3n) is 4.68. The highest BCUT2D eigenvalue weighted by Crippen LogP contribution is 2.32. The van der Waals surface area contributed by atoms with E-state index in [1.807, 2.05) is 18.7 Å². The minimum Gasteiger partial charge on any atom is -0.375 e. The molecule has 4 nitrogen and oxygen atoms in total. The van der Waals surface area contributed by atoms with Crippen LogP contribution < -0.4 is 0 Å². The van der Waals surface area contributed by atoms with Gasteiger partial charge in [-0.2, -0.15) is 0 Å². The predicted octanol–water partition coefficient (Wildman–Crippen LogP) is 1.11. The van der Waals surface area contributed by atoms with Gasteiger partial charge in [-0.1, -0.05) is 13.8 Å². The van der Waals surface area contributed by atoms with Crippen LogP contribution >= 0.6 is 0 Å². The SMILES string of the molecule is CC(C)C(=O)N1CCC(N2CC3CC2CO3)CC1. The van der Waals surface area contributed by atoms with Crippen LogP contribution in [0.25, 0.3) is 0 Å². The Hall–Kier alpha value is -0.610. The number of carbonyl (C=O) groups is 1. The van der Waals surface area contributed by atoms with E-state index in [-0.39, 0.29) is 5.92 Å². The Morgan fingerprint density at radius 3 is 2.44 bits per heavy atom. The number of amides is 1. The van der Waals surface area contributed by atoms with Crippen LogP contribution in [0.3, 0.4) is 0 Å². The second-order valence-corrected chi connectivity index (χ2v) is 6.25. The van der Waals surface area contributed by atoms with Crippen molar-refractivity contribution in [2.75, 3.05) is 26.2 Å². The van der Waals surface area contributed by atoms with E-state index in [4.69, 9.17) is 4.74 Å². The molecule has 3 aliphatic heterocycles. The largest absolute Gasteiger partial charge is 0.375 e. The molecule has 0 aliphatic carbocycles. The molecule has 4 heteroatoms. The molecule has 0 radical (unpaired) electrons. The van der Waals surface area contributed by atoms with Crippen molar-refractivity contribution in [3.05, 3.63) is 0 Å². The van der Waals surface area contributed by atoms with Crippen LogP contribution in [0, 0.1) is 5.92 Å². The Kier molecular flexibility index (Phi) is 3.32. The summed E-state index contributed by atoms with van der Waals surface area (Å²) in [5, 5.41) is 0. The van der Waals surface area contributed by atoms with Gasteiger partial charge in [0.1, 0.15) is 0 Å². The van der Waals surface area contributed by atoms with E-state index in [2.05, 4.69) is 4.90 Å². The third-order valence-corrected chi connectivity index (χ3v) is 4.68. The number of carbonyl (C=O) groups excluding carboxylic acids is 1. The van der Waals surface area contributed by atoms with Crippen LogP contribution in [0.15, 0.2) is 0 Å². The predicted molar refractivity (Wildman–Crippen MR) is 69.3 cm³/mol. The molecule has 2 bridgehead atoms. The van der Waals surface area contributed by atoms with Crippen molar-refractivity contribution in [1.29, 1.82) is 0 Å². The first-order valence-electron chi connectivity index (χ1n) is 7.31. The lowest BCUT2D eigenvalue weighted by Crippen LogP contribution is -2.51. The molecule has 0 aromatic heterocycles. The summed E-state index contributed by atoms with van der Waals surface area (Å²) in [4.78, 5) is 16.6. The van der Waals surface area contributed by atoms with Crippen molar-refractivity contribution >= 4 is 5.91 Å². The highest BCUT2D eigenvalue weighted by atomic mass is 16.5. The molecule has 0 aromatic carbocycles. The Bertz CT molecular complexity index is 324. The lowest BCUT2D eigenvalue weighted by atomic mass is 10.0. The molecule has 0 N–H and O–H groups in total. The van der Waals surface area contributed by atoms with E-state index < -0.39 is 0 Å². The Morgan fingerprint density at radius 2 is 1.94 bits per heavy atom. The summed E-state index contributed by atoms with van der Waals surface area (Å²) >= 11 is 0. The summed E-state index contributed by atoms with van der Waals surface area (Å²) in [7, 11) is 0. The molecule has 3 saturated heterocycles. The first-order chi connectivity index (χ1) is 8.65. The molecule has 2 atom stereocenters. The average molecular weight is 252 g/mol. The van der Waals surface area contributed by atoms with E-state index in [1.165, 1.54) is 6.42 Å². The molecule has 3 fully saturated rings. The molecular formula is C14H24N2O2. The van der Waals surface area contributed by atoms with Crippen molar-refractivity contribution in [2.24, 2.45) is 5.92 Å². The Balaban J connectivity index is 1.53. The van der Waals surface area contributed by atoms with E-state index in [0.29, 0.717) is 24.1 Å². The summed E-state index contributed by atoms with van der Waals surface area (Å²) in [5.74, 6) is 0.456. The van der Waals surface area contributed by atoms with Gasteiger partial charge < -0.3 is 9.64 Å². The molecule has 102 valence electrons. The molecule has 3 rings (SSSR count). The molecule has 3 aliphatic rings. The highest BCUT2D eigenvalue weighted by Gasteiger charge is 2.42. The zero-order chi connectivity index (χ0) is 12.7. The van der Waals surface area contributed by atoms with Gasteiger partial charge in [0.15, 0.2) is 0 Å². The van der Waals surface area contributed by atoms with Gasteiger partial charge >= 0.3 is 0 Å². The fourth-order valence-corrected chi connectivity index (χ4v) is 3.66. The number of rotatable bonds is 2. The first kappa shape index (κ1) is 12.4. The van der Waals surface area contributed by atoms with Gasteiger partial charge in [0, 0.05) is 37.6 Å². The van der Waals surface area contributed by atoms with E-state index in [9.17, 15) is 4.79 Å². The standard InChI is InChI=1S/C14H24N2O2/c1-10(2)14(17)15-5-3-11(4-6-15)16-8-13-7-12(16)9-18-13/h10-13H,3-9H2,1-2H3. The summed E-state index contributed by atoms with van der Waals surface area (Å²) in [6, 6.07) is 1.34. The van der Waals surface area contributed by atoms with E-state index in [1.54, 1.807) is 0 Å². The van der Waals surface area contributed by atoms with Gasteiger partial charge in [0.25, 0.3) is 0 Å². The van der Waals surface area contributed by atoms with Gasteiger partial charge in [0.05, 0.1) is 12.7 Å². The smallest absolute Gasteiger partial charge is 0.225 e. The van der Waals surface area contributed by atoms with Gasteiger partial charge in [0.2, 0.25) is 5.91 Å². The van der Waals surface area contributed by atoms with Gasteiger partial charge in [-0.05, 0) is 19.3 Å². The number of morpholine rings is 1. The van der Waals surface area contributed by atoms with Crippen molar-refractivity contribution in [3.63, 3.8) is 0 Å². The number of hydrogen-bond donors (Lipinski definition) is 0. The summed E-state index contributed by atoms with van der Waals surface area (Å²) in [6.45, 7) is 7.91. The van der Waals surface area contributed by atoms with Crippen LogP contribution in [0.5, 0.6) is 0 Å². The number of piperidine rings is 1. The van der Waals surface area contributed by atoms with Gasteiger partial charge in [-0.25, -0.2) is 0 Å². The van der Waals surface area contributed by atoms with E-state index >= 15 is 0 Å². The summed E-state index contributed by atoms with van der Waals surface area (Å²) < 4.78 is 5.66. The van der Waals surface area contributed by atoms with Crippen LogP contribution in [0.2, 0.25) is 0 Å². The maximum Gasteiger partial charge on any atom is 0.225 e. The topological polar surface area (TPSA) is 32.8 Å². The van der Waals surface area contributed by atoms with E-state index in [0.717, 1.165) is 39.1 Å². The molecule has 2 unspecified atom stereocenters. The number of ether oxygens (including phenoxy) is 1. The van der Waals surface area contributed by atoms with Crippen LogP contribution in [-0.4, -0.2) is 60.1 Å². The molecular weight excluding hydrogens is 228 g/mol. The van der Waals surface area contributed by atoms with Crippen LogP contribution in [0.4, 0.5) is 0 Å². The van der Waals surface area contributed by atoms with Crippen LogP contribution in [-0.2, 0) is 9.53 Å². The monoisotopic (exact) mass is 252 g/mol. The average Bonchev–Trinajstić information content (AvgIpc) is 3.00. The van der Waals surface area contributed by atoms with Gasteiger partial charge in [-0.3, -0.25) is 9.69 Å². The molecule has 3 heterocycles. The summed E-state index contributed by atoms with van der Waals surface area (Å²) in [5.41, 5.74) is 0. The fraction of sp³-hybridized carbons (Fsp3) is 0.929. The van der Waals surface area contributed by atoms with Crippen molar-refractivity contribution < 1.29 is 9.53 Å². The maximum absolute atomic E-state index is 11.9. The normalized spacial score (nSPS) is 33.6. The number of likely N-dealkylation sites (tertiary alicyclic amines) is 2. The molecule has 18 heavy (non-hydrogen) atoms. The quantitative estimate of drug-likeness (QED) is 0.738. The summed E-state index contributed by atoms with van der Waals surface area (Å²) in [6.07, 6.45) is 4.00. The lowest BCUT2D eigenvalue weighted by Gasteiger charge is -2.40.